The third-order valence-corrected chi connectivity index (χ3v) is 2.02. The highest BCUT2D eigenvalue weighted by atomic mass is 32.2. The Morgan fingerprint density at radius 3 is 2.91 bits per heavy atom. The number of H-pyrrole nitrogens is 1. The Labute approximate surface area is 69.3 Å². The number of thioether (sulfide) groups is 1. The van der Waals surface area contributed by atoms with E-state index in [1.165, 1.54) is 11.8 Å². The van der Waals surface area contributed by atoms with Crippen LogP contribution in [0.1, 0.15) is 12.5 Å². The fraction of sp³-hybridized carbons (Fsp3) is 0.429. The molecule has 11 heavy (non-hydrogen) atoms. The smallest absolute Gasteiger partial charge is 0.254 e. The van der Waals surface area contributed by atoms with E-state index in [0.29, 0.717) is 5.16 Å². The second kappa shape index (κ2) is 3.57. The molecule has 1 N–H and O–H groups in total. The topological polar surface area (TPSA) is 45.8 Å². The summed E-state index contributed by atoms with van der Waals surface area (Å²) < 4.78 is 0. The summed E-state index contributed by atoms with van der Waals surface area (Å²) in [4.78, 5) is 17.8. The van der Waals surface area contributed by atoms with Crippen LogP contribution in [0.4, 0.5) is 0 Å². The first-order valence-corrected chi connectivity index (χ1v) is 4.62. The van der Waals surface area contributed by atoms with Crippen molar-refractivity contribution in [2.45, 2.75) is 18.5 Å². The predicted molar refractivity (Wildman–Crippen MR) is 46.0 cm³/mol. The predicted octanol–water partition coefficient (Wildman–Crippen LogP) is 1.05. The van der Waals surface area contributed by atoms with Gasteiger partial charge >= 0.3 is 0 Å². The summed E-state index contributed by atoms with van der Waals surface area (Å²) in [5.41, 5.74) is 0.717. The molecule has 0 fully saturated rings. The fourth-order valence-corrected chi connectivity index (χ4v) is 1.11. The lowest BCUT2D eigenvalue weighted by atomic mass is 10.3. The minimum Gasteiger partial charge on any atom is -0.301 e. The van der Waals surface area contributed by atoms with E-state index in [1.807, 2.05) is 13.2 Å². The molecular weight excluding hydrogens is 160 g/mol. The van der Waals surface area contributed by atoms with Crippen LogP contribution in [0.5, 0.6) is 0 Å². The Balaban J connectivity index is 3.10. The van der Waals surface area contributed by atoms with Crippen molar-refractivity contribution < 1.29 is 0 Å². The van der Waals surface area contributed by atoms with E-state index in [1.54, 1.807) is 6.20 Å². The summed E-state index contributed by atoms with van der Waals surface area (Å²) in [5, 5.41) is 0.673. The van der Waals surface area contributed by atoms with E-state index in [4.69, 9.17) is 0 Å². The molecule has 0 amide bonds. The van der Waals surface area contributed by atoms with Gasteiger partial charge in [-0.3, -0.25) is 4.79 Å². The Bertz CT molecular complexity index is 295. The maximum absolute atomic E-state index is 11.1. The molecule has 1 heterocycles. The molecule has 1 aromatic heterocycles. The summed E-state index contributed by atoms with van der Waals surface area (Å²) in [7, 11) is 0. The Morgan fingerprint density at radius 1 is 1.73 bits per heavy atom. The van der Waals surface area contributed by atoms with E-state index in [2.05, 4.69) is 9.97 Å². The quantitative estimate of drug-likeness (QED) is 0.533. The largest absolute Gasteiger partial charge is 0.301 e. The van der Waals surface area contributed by atoms with Crippen LogP contribution in [0.15, 0.2) is 16.1 Å². The highest BCUT2D eigenvalue weighted by molar-refractivity contribution is 7.98. The molecule has 60 valence electrons. The molecule has 0 saturated carbocycles. The van der Waals surface area contributed by atoms with E-state index in [9.17, 15) is 4.79 Å². The zero-order valence-corrected chi connectivity index (χ0v) is 7.36. The average molecular weight is 170 g/mol. The average Bonchev–Trinajstić information content (AvgIpc) is 2.04. The summed E-state index contributed by atoms with van der Waals surface area (Å²) in [6.45, 7) is 1.94. The monoisotopic (exact) mass is 170 g/mol. The summed E-state index contributed by atoms with van der Waals surface area (Å²) >= 11 is 1.44. The van der Waals surface area contributed by atoms with Crippen molar-refractivity contribution in [3.63, 3.8) is 0 Å². The van der Waals surface area contributed by atoms with Crippen LogP contribution in [0.2, 0.25) is 0 Å². The van der Waals surface area contributed by atoms with Crippen LogP contribution < -0.4 is 5.56 Å². The molecule has 3 nitrogen and oxygen atoms in total. The molecule has 0 unspecified atom stereocenters. The number of rotatable bonds is 2. The van der Waals surface area contributed by atoms with Crippen molar-refractivity contribution in [3.05, 3.63) is 22.1 Å². The van der Waals surface area contributed by atoms with Gasteiger partial charge in [0, 0.05) is 11.8 Å². The molecule has 0 atom stereocenters. The third-order valence-electron chi connectivity index (χ3n) is 1.42. The van der Waals surface area contributed by atoms with Crippen LogP contribution in [0, 0.1) is 0 Å². The third kappa shape index (κ3) is 1.83. The summed E-state index contributed by atoms with van der Waals surface area (Å²) in [5.74, 6) is 0. The number of nitrogens with one attached hydrogen (secondary N) is 1. The number of aromatic amines is 1. The van der Waals surface area contributed by atoms with Crippen LogP contribution in [-0.2, 0) is 6.42 Å². The zero-order chi connectivity index (χ0) is 8.27. The first kappa shape index (κ1) is 8.33. The SMILES string of the molecule is CCc1cnc(SC)[nH]c1=O. The second-order valence-electron chi connectivity index (χ2n) is 2.10. The highest BCUT2D eigenvalue weighted by Crippen LogP contribution is 2.03. The molecule has 0 aromatic carbocycles. The summed E-state index contributed by atoms with van der Waals surface area (Å²) in [6, 6.07) is 0. The molecule has 0 spiro atoms. The van der Waals surface area contributed by atoms with Crippen molar-refractivity contribution in [1.29, 1.82) is 0 Å². The normalized spacial score (nSPS) is 10.0. The fourth-order valence-electron chi connectivity index (χ4n) is 0.760. The number of hydrogen-bond acceptors (Lipinski definition) is 3. The number of aryl methyl sites for hydroxylation is 1. The molecule has 1 aromatic rings. The maximum atomic E-state index is 11.1. The van der Waals surface area contributed by atoms with E-state index >= 15 is 0 Å². The molecular formula is C7H10N2OS. The van der Waals surface area contributed by atoms with Gasteiger partial charge in [-0.2, -0.15) is 0 Å². The Morgan fingerprint density at radius 2 is 2.45 bits per heavy atom. The van der Waals surface area contributed by atoms with E-state index in [0.717, 1.165) is 12.0 Å². The molecule has 0 saturated heterocycles. The number of aromatic nitrogens is 2. The number of nitrogens with zero attached hydrogens (tertiary/aromatic N) is 1. The van der Waals surface area contributed by atoms with Crippen LogP contribution >= 0.6 is 11.8 Å². The molecule has 0 bridgehead atoms. The van der Waals surface area contributed by atoms with E-state index < -0.39 is 0 Å². The van der Waals surface area contributed by atoms with Crippen LogP contribution in [0.25, 0.3) is 0 Å². The molecule has 1 rings (SSSR count). The van der Waals surface area contributed by atoms with Gasteiger partial charge in [0.2, 0.25) is 0 Å². The van der Waals surface area contributed by atoms with Gasteiger partial charge in [-0.15, -0.1) is 0 Å². The first-order chi connectivity index (χ1) is 5.27. The van der Waals surface area contributed by atoms with Gasteiger partial charge in [-0.1, -0.05) is 18.7 Å². The molecule has 0 radical (unpaired) electrons. The molecule has 0 aliphatic heterocycles. The highest BCUT2D eigenvalue weighted by Gasteiger charge is 1.97. The van der Waals surface area contributed by atoms with Gasteiger partial charge in [0.15, 0.2) is 5.16 Å². The van der Waals surface area contributed by atoms with Gasteiger partial charge in [-0.25, -0.2) is 4.98 Å². The van der Waals surface area contributed by atoms with Crippen molar-refractivity contribution in [2.24, 2.45) is 0 Å². The molecule has 0 aliphatic rings. The van der Waals surface area contributed by atoms with Crippen molar-refractivity contribution in [2.75, 3.05) is 6.26 Å². The van der Waals surface area contributed by atoms with Gasteiger partial charge in [0.05, 0.1) is 0 Å². The van der Waals surface area contributed by atoms with Gasteiger partial charge in [-0.05, 0) is 12.7 Å². The van der Waals surface area contributed by atoms with Crippen molar-refractivity contribution in [3.8, 4) is 0 Å². The van der Waals surface area contributed by atoms with Crippen LogP contribution in [0.3, 0.4) is 0 Å². The lowest BCUT2D eigenvalue weighted by molar-refractivity contribution is 0.894. The maximum Gasteiger partial charge on any atom is 0.254 e. The Kier molecular flexibility index (Phi) is 2.70. The van der Waals surface area contributed by atoms with Gasteiger partial charge < -0.3 is 4.98 Å². The van der Waals surface area contributed by atoms with Crippen LogP contribution in [-0.4, -0.2) is 16.2 Å². The van der Waals surface area contributed by atoms with Crippen molar-refractivity contribution in [1.82, 2.24) is 9.97 Å². The lowest BCUT2D eigenvalue weighted by Crippen LogP contribution is -2.13. The minimum absolute atomic E-state index is 0.0214. The van der Waals surface area contributed by atoms with Gasteiger partial charge in [0.25, 0.3) is 5.56 Å². The standard InChI is InChI=1S/C7H10N2OS/c1-3-5-4-8-7(11-2)9-6(5)10/h4H,3H2,1-2H3,(H,8,9,10). The molecule has 4 heteroatoms. The second-order valence-corrected chi connectivity index (χ2v) is 2.90. The Hall–Kier alpha value is -0.770. The minimum atomic E-state index is -0.0214. The van der Waals surface area contributed by atoms with E-state index in [-0.39, 0.29) is 5.56 Å². The number of hydrogen-bond donors (Lipinski definition) is 1. The lowest BCUT2D eigenvalue weighted by Gasteiger charge is -1.96. The van der Waals surface area contributed by atoms with Gasteiger partial charge in [0.1, 0.15) is 0 Å². The first-order valence-electron chi connectivity index (χ1n) is 3.40. The molecule has 0 aliphatic carbocycles. The zero-order valence-electron chi connectivity index (χ0n) is 6.55. The summed E-state index contributed by atoms with van der Waals surface area (Å²) in [6.07, 6.45) is 4.24. The van der Waals surface area contributed by atoms with Crippen molar-refractivity contribution >= 4 is 11.8 Å².